The van der Waals surface area contributed by atoms with E-state index in [2.05, 4.69) is 0 Å². The molecule has 15 nitrogen and oxygen atoms in total. The van der Waals surface area contributed by atoms with Gasteiger partial charge in [-0.25, -0.2) is 4.79 Å². The van der Waals surface area contributed by atoms with Gasteiger partial charge in [-0.15, -0.1) is 0 Å². The van der Waals surface area contributed by atoms with E-state index in [1.165, 1.54) is 43.3 Å². The first-order chi connectivity index (χ1) is 20.8. The van der Waals surface area contributed by atoms with Gasteiger partial charge < -0.3 is 69.6 Å². The molecule has 0 radical (unpaired) electrons. The lowest BCUT2D eigenvalue weighted by atomic mass is 9.97. The van der Waals surface area contributed by atoms with Gasteiger partial charge in [-0.05, 0) is 54.8 Å². The van der Waals surface area contributed by atoms with Crippen molar-refractivity contribution in [2.24, 2.45) is 0 Å². The number of carbonyl (C=O) groups is 1. The van der Waals surface area contributed by atoms with E-state index in [0.29, 0.717) is 11.1 Å². The summed E-state index contributed by atoms with van der Waals surface area (Å²) in [6.45, 7) is 0.778. The highest BCUT2D eigenvalue weighted by Gasteiger charge is 2.51. The van der Waals surface area contributed by atoms with Crippen LogP contribution in [0.1, 0.15) is 18.1 Å². The van der Waals surface area contributed by atoms with E-state index < -0.39 is 74.0 Å². The normalized spacial score (nSPS) is 32.5. The van der Waals surface area contributed by atoms with Crippen molar-refractivity contribution < 1.29 is 74.4 Å². The molecule has 242 valence electrons. The first-order valence-corrected chi connectivity index (χ1v) is 13.7. The second kappa shape index (κ2) is 14.5. The zero-order chi connectivity index (χ0) is 32.1. The zero-order valence-corrected chi connectivity index (χ0v) is 23.5. The number of hydrogen-bond acceptors (Lipinski definition) is 15. The Morgan fingerprint density at radius 3 is 2.18 bits per heavy atom. The van der Waals surface area contributed by atoms with Crippen molar-refractivity contribution in [1.29, 1.82) is 0 Å². The number of esters is 1. The summed E-state index contributed by atoms with van der Waals surface area (Å²) in [5.41, 5.74) is 0.951. The van der Waals surface area contributed by atoms with Crippen LogP contribution in [0, 0.1) is 0 Å². The van der Waals surface area contributed by atoms with Gasteiger partial charge in [-0.2, -0.15) is 0 Å². The molecular weight excluding hydrogens is 588 g/mol. The Kier molecular flexibility index (Phi) is 11.0. The summed E-state index contributed by atoms with van der Waals surface area (Å²) in [5, 5.41) is 90.9. The lowest BCUT2D eigenvalue weighted by Crippen LogP contribution is -2.64. The Bertz CT molecular complexity index is 1300. The van der Waals surface area contributed by atoms with Gasteiger partial charge in [0.25, 0.3) is 0 Å². The first-order valence-electron chi connectivity index (χ1n) is 13.7. The fourth-order valence-electron chi connectivity index (χ4n) is 4.72. The highest BCUT2D eigenvalue weighted by molar-refractivity contribution is 5.87. The summed E-state index contributed by atoms with van der Waals surface area (Å²) in [7, 11) is 0. The summed E-state index contributed by atoms with van der Waals surface area (Å²) in [6, 6.07) is 8.03. The van der Waals surface area contributed by atoms with E-state index in [4.69, 9.17) is 23.7 Å². The molecule has 2 aliphatic heterocycles. The lowest BCUT2D eigenvalue weighted by Gasteiger charge is -2.46. The maximum atomic E-state index is 12.3. The van der Waals surface area contributed by atoms with Crippen LogP contribution in [0.2, 0.25) is 0 Å². The molecule has 2 aromatic carbocycles. The molecule has 0 saturated carbocycles. The van der Waals surface area contributed by atoms with Gasteiger partial charge in [-0.1, -0.05) is 12.1 Å². The quantitative estimate of drug-likeness (QED) is 0.0873. The molecular formula is C29H36O15. The van der Waals surface area contributed by atoms with Crippen LogP contribution in [0.15, 0.2) is 42.5 Å². The molecule has 0 aromatic heterocycles. The summed E-state index contributed by atoms with van der Waals surface area (Å²) < 4.78 is 27.7. The number of phenolic OH excluding ortho intramolecular Hbond substituents is 4. The monoisotopic (exact) mass is 624 g/mol. The molecule has 0 bridgehead atoms. The van der Waals surface area contributed by atoms with Crippen LogP contribution in [0.25, 0.3) is 6.08 Å². The molecule has 10 atom stereocenters. The topological polar surface area (TPSA) is 245 Å². The van der Waals surface area contributed by atoms with Crippen LogP contribution >= 0.6 is 0 Å². The number of phenols is 4. The second-order valence-corrected chi connectivity index (χ2v) is 10.5. The summed E-state index contributed by atoms with van der Waals surface area (Å²) in [6.07, 6.45) is -12.4. The van der Waals surface area contributed by atoms with E-state index in [-0.39, 0.29) is 36.0 Å². The van der Waals surface area contributed by atoms with Crippen molar-refractivity contribution in [3.05, 3.63) is 53.6 Å². The molecule has 2 heterocycles. The van der Waals surface area contributed by atoms with Crippen LogP contribution in [0.3, 0.4) is 0 Å². The number of aliphatic hydroxyl groups is 5. The second-order valence-electron chi connectivity index (χ2n) is 10.5. The molecule has 0 aliphatic carbocycles. The first kappa shape index (κ1) is 33.4. The summed E-state index contributed by atoms with van der Waals surface area (Å²) in [5.74, 6) is -2.24. The zero-order valence-electron chi connectivity index (χ0n) is 23.5. The molecule has 15 heteroatoms. The average molecular weight is 625 g/mol. The van der Waals surface area contributed by atoms with Gasteiger partial charge in [0, 0.05) is 6.08 Å². The molecule has 2 aliphatic rings. The van der Waals surface area contributed by atoms with Gasteiger partial charge in [-0.3, -0.25) is 0 Å². The largest absolute Gasteiger partial charge is 0.504 e. The minimum absolute atomic E-state index is 0.0923. The number of hydrogen-bond donors (Lipinski definition) is 9. The third-order valence-electron chi connectivity index (χ3n) is 7.28. The van der Waals surface area contributed by atoms with Crippen LogP contribution in [-0.4, -0.2) is 127 Å². The minimum Gasteiger partial charge on any atom is -0.504 e. The fourth-order valence-corrected chi connectivity index (χ4v) is 4.72. The molecule has 2 aromatic rings. The van der Waals surface area contributed by atoms with Crippen molar-refractivity contribution in [1.82, 2.24) is 0 Å². The minimum atomic E-state index is -1.75. The van der Waals surface area contributed by atoms with E-state index in [1.54, 1.807) is 6.07 Å². The van der Waals surface area contributed by atoms with Gasteiger partial charge >= 0.3 is 5.97 Å². The average Bonchev–Trinajstić information content (AvgIpc) is 2.99. The predicted molar refractivity (Wildman–Crippen MR) is 147 cm³/mol. The van der Waals surface area contributed by atoms with Gasteiger partial charge in [0.15, 0.2) is 35.6 Å². The standard InChI is InChI=1S/C29H36O15/c1-13-22(35)24(37)25(38)29(42-13)44-26-23(36)20(12-41-21(34)7-4-14-2-5-16(30)18(32)10-14)43-28(39)27(26)40-9-8-15-3-6-17(31)19(33)11-15/h2-7,10-11,13,20,22-33,35-39H,8-9,12H2,1H3/t13-,20+,22-,23+,24+,25+,26-,27+,28+,29-/m0/s1. The Hall–Kier alpha value is -3.51. The summed E-state index contributed by atoms with van der Waals surface area (Å²) >= 11 is 0. The molecule has 2 saturated heterocycles. The highest BCUT2D eigenvalue weighted by Crippen LogP contribution is 2.31. The van der Waals surface area contributed by atoms with Gasteiger partial charge in [0.05, 0.1) is 12.7 Å². The van der Waals surface area contributed by atoms with E-state index in [9.17, 15) is 50.8 Å². The number of aliphatic hydroxyl groups excluding tert-OH is 5. The van der Waals surface area contributed by atoms with Crippen molar-refractivity contribution in [2.75, 3.05) is 13.2 Å². The van der Waals surface area contributed by atoms with Gasteiger partial charge in [0.2, 0.25) is 0 Å². The lowest BCUT2D eigenvalue weighted by molar-refractivity contribution is -0.356. The number of ether oxygens (including phenoxy) is 5. The molecule has 2 fully saturated rings. The fraction of sp³-hybridized carbons (Fsp3) is 0.483. The van der Waals surface area contributed by atoms with Crippen molar-refractivity contribution in [2.45, 2.75) is 74.8 Å². The number of aromatic hydroxyl groups is 4. The van der Waals surface area contributed by atoms with E-state index in [0.717, 1.165) is 6.08 Å². The smallest absolute Gasteiger partial charge is 0.330 e. The van der Waals surface area contributed by atoms with E-state index >= 15 is 0 Å². The number of benzene rings is 2. The van der Waals surface area contributed by atoms with Crippen molar-refractivity contribution in [3.8, 4) is 23.0 Å². The third-order valence-corrected chi connectivity index (χ3v) is 7.28. The molecule has 0 unspecified atom stereocenters. The van der Waals surface area contributed by atoms with Crippen molar-refractivity contribution in [3.63, 3.8) is 0 Å². The Labute approximate surface area is 251 Å². The Morgan fingerprint density at radius 2 is 1.50 bits per heavy atom. The molecule has 44 heavy (non-hydrogen) atoms. The van der Waals surface area contributed by atoms with Crippen molar-refractivity contribution >= 4 is 12.0 Å². The Balaban J connectivity index is 1.44. The molecule has 0 spiro atoms. The Morgan fingerprint density at radius 1 is 0.818 bits per heavy atom. The third kappa shape index (κ3) is 7.95. The predicted octanol–water partition coefficient (Wildman–Crippen LogP) is -1.02. The SMILES string of the molecule is C[C@@H]1O[C@@H](O[C@H]2[C@H](O)[C@@H](COC(=O)C=Cc3ccc(O)c(O)c3)O[C@@H](O)[C@@H]2OCCc2ccc(O)c(O)c2)[C@H](O)[C@H](O)[C@H]1O. The molecule has 4 rings (SSSR count). The maximum absolute atomic E-state index is 12.3. The maximum Gasteiger partial charge on any atom is 0.330 e. The van der Waals surface area contributed by atoms with Crippen LogP contribution in [-0.2, 0) is 34.9 Å². The van der Waals surface area contributed by atoms with Gasteiger partial charge in [0.1, 0.15) is 49.3 Å². The molecule has 0 amide bonds. The van der Waals surface area contributed by atoms with E-state index in [1.807, 2.05) is 0 Å². The van der Waals surface area contributed by atoms with Crippen LogP contribution in [0.4, 0.5) is 0 Å². The van der Waals surface area contributed by atoms with Crippen LogP contribution < -0.4 is 0 Å². The number of rotatable bonds is 10. The summed E-state index contributed by atoms with van der Waals surface area (Å²) in [4.78, 5) is 12.3. The number of carbonyl (C=O) groups excluding carboxylic acids is 1. The molecule has 9 N–H and O–H groups in total. The highest BCUT2D eigenvalue weighted by atomic mass is 16.7. The van der Waals surface area contributed by atoms with Crippen LogP contribution in [0.5, 0.6) is 23.0 Å².